The highest BCUT2D eigenvalue weighted by atomic mass is 79.9. The average Bonchev–Trinajstić information content (AvgIpc) is 2.30. The van der Waals surface area contributed by atoms with E-state index in [1.165, 1.54) is 12.1 Å². The molecule has 19 heavy (non-hydrogen) atoms. The molecule has 6 heteroatoms. The molecule has 3 N–H and O–H groups in total. The summed E-state index contributed by atoms with van der Waals surface area (Å²) >= 11 is 3.20. The van der Waals surface area contributed by atoms with E-state index in [4.69, 9.17) is 5.73 Å². The zero-order valence-electron chi connectivity index (χ0n) is 10.3. The minimum atomic E-state index is -4.36. The van der Waals surface area contributed by atoms with Crippen molar-refractivity contribution in [2.24, 2.45) is 5.73 Å². The number of rotatable bonds is 2. The standard InChI is InChI=1S/C13H16BrF3N2/c14-8-5-6-9(13(15,16)17)12(7-8)19-11-4-2-1-3-10(11)18/h5-7,10-11,19H,1-4,18H2. The predicted octanol–water partition coefficient (Wildman–Crippen LogP) is 4.15. The summed E-state index contributed by atoms with van der Waals surface area (Å²) in [7, 11) is 0. The fourth-order valence-electron chi connectivity index (χ4n) is 2.42. The van der Waals surface area contributed by atoms with Gasteiger partial charge in [0.1, 0.15) is 0 Å². The van der Waals surface area contributed by atoms with Crippen LogP contribution >= 0.6 is 15.9 Å². The quantitative estimate of drug-likeness (QED) is 0.851. The Kier molecular flexibility index (Phi) is 4.40. The van der Waals surface area contributed by atoms with Gasteiger partial charge in [0.2, 0.25) is 0 Å². The van der Waals surface area contributed by atoms with Gasteiger partial charge in [-0.25, -0.2) is 0 Å². The molecule has 0 aliphatic heterocycles. The van der Waals surface area contributed by atoms with Gasteiger partial charge in [-0.1, -0.05) is 28.8 Å². The van der Waals surface area contributed by atoms with Crippen molar-refractivity contribution >= 4 is 21.6 Å². The smallest absolute Gasteiger partial charge is 0.380 e. The summed E-state index contributed by atoms with van der Waals surface area (Å²) in [5.41, 5.74) is 5.42. The molecule has 0 radical (unpaired) electrons. The van der Waals surface area contributed by atoms with Crippen LogP contribution in [-0.2, 0) is 6.18 Å². The minimum Gasteiger partial charge on any atom is -0.380 e. The summed E-state index contributed by atoms with van der Waals surface area (Å²) in [5.74, 6) is 0. The van der Waals surface area contributed by atoms with Gasteiger partial charge >= 0.3 is 6.18 Å². The van der Waals surface area contributed by atoms with E-state index in [0.29, 0.717) is 4.47 Å². The van der Waals surface area contributed by atoms with Crippen LogP contribution in [0.2, 0.25) is 0 Å². The van der Waals surface area contributed by atoms with Crippen molar-refractivity contribution in [1.29, 1.82) is 0 Å². The predicted molar refractivity (Wildman–Crippen MR) is 73.0 cm³/mol. The third kappa shape index (κ3) is 3.63. The van der Waals surface area contributed by atoms with E-state index in [1.54, 1.807) is 0 Å². The van der Waals surface area contributed by atoms with Crippen molar-refractivity contribution in [2.75, 3.05) is 5.32 Å². The number of halogens is 4. The molecule has 0 saturated heterocycles. The molecule has 2 atom stereocenters. The molecule has 0 aromatic heterocycles. The molecule has 2 unspecified atom stereocenters. The summed E-state index contributed by atoms with van der Waals surface area (Å²) in [4.78, 5) is 0. The maximum atomic E-state index is 12.9. The van der Waals surface area contributed by atoms with Crippen molar-refractivity contribution in [3.63, 3.8) is 0 Å². The number of hydrogen-bond donors (Lipinski definition) is 2. The number of hydrogen-bond acceptors (Lipinski definition) is 2. The normalized spacial score (nSPS) is 24.3. The Bertz CT molecular complexity index is 448. The zero-order valence-corrected chi connectivity index (χ0v) is 11.9. The lowest BCUT2D eigenvalue weighted by atomic mass is 9.90. The second-order valence-corrected chi connectivity index (χ2v) is 5.80. The van der Waals surface area contributed by atoms with E-state index >= 15 is 0 Å². The van der Waals surface area contributed by atoms with Crippen LogP contribution in [0.25, 0.3) is 0 Å². The van der Waals surface area contributed by atoms with Crippen molar-refractivity contribution in [2.45, 2.75) is 43.9 Å². The second-order valence-electron chi connectivity index (χ2n) is 4.89. The first-order valence-corrected chi connectivity index (χ1v) is 7.06. The molecule has 1 aromatic rings. The summed E-state index contributed by atoms with van der Waals surface area (Å²) in [6.45, 7) is 0. The van der Waals surface area contributed by atoms with Crippen molar-refractivity contribution < 1.29 is 13.2 Å². The summed E-state index contributed by atoms with van der Waals surface area (Å²) < 4.78 is 39.5. The molecule has 1 saturated carbocycles. The average molecular weight is 337 g/mol. The van der Waals surface area contributed by atoms with Gasteiger partial charge in [-0.15, -0.1) is 0 Å². The molecule has 106 valence electrons. The monoisotopic (exact) mass is 336 g/mol. The molecule has 2 nitrogen and oxygen atoms in total. The largest absolute Gasteiger partial charge is 0.418 e. The first-order valence-electron chi connectivity index (χ1n) is 6.27. The summed E-state index contributed by atoms with van der Waals surface area (Å²) in [6.07, 6.45) is -0.648. The van der Waals surface area contributed by atoms with Crippen LogP contribution in [0.1, 0.15) is 31.2 Å². The lowest BCUT2D eigenvalue weighted by molar-refractivity contribution is -0.137. The third-order valence-corrected chi connectivity index (χ3v) is 3.94. The number of benzene rings is 1. The van der Waals surface area contributed by atoms with Gasteiger partial charge in [0.25, 0.3) is 0 Å². The van der Waals surface area contributed by atoms with Crippen molar-refractivity contribution in [3.8, 4) is 0 Å². The summed E-state index contributed by atoms with van der Waals surface area (Å²) in [6, 6.07) is 3.76. The topological polar surface area (TPSA) is 38.0 Å². The van der Waals surface area contributed by atoms with E-state index in [1.807, 2.05) is 0 Å². The van der Waals surface area contributed by atoms with Crippen LogP contribution in [0.15, 0.2) is 22.7 Å². The van der Waals surface area contributed by atoms with Crippen LogP contribution in [0, 0.1) is 0 Å². The lowest BCUT2D eigenvalue weighted by Crippen LogP contribution is -2.42. The highest BCUT2D eigenvalue weighted by molar-refractivity contribution is 9.10. The maximum Gasteiger partial charge on any atom is 0.418 e. The summed E-state index contributed by atoms with van der Waals surface area (Å²) in [5, 5.41) is 2.97. The van der Waals surface area contributed by atoms with Crippen molar-refractivity contribution in [1.82, 2.24) is 0 Å². The number of alkyl halides is 3. The number of nitrogens with two attached hydrogens (primary N) is 1. The van der Waals surface area contributed by atoms with E-state index in [-0.39, 0.29) is 17.8 Å². The second kappa shape index (κ2) is 5.71. The Labute approximate surface area is 118 Å². The molecule has 0 heterocycles. The highest BCUT2D eigenvalue weighted by Crippen LogP contribution is 2.37. The zero-order chi connectivity index (χ0) is 14.0. The Morgan fingerprint density at radius 1 is 1.21 bits per heavy atom. The Morgan fingerprint density at radius 3 is 2.53 bits per heavy atom. The minimum absolute atomic E-state index is 0.0891. The lowest BCUT2D eigenvalue weighted by Gasteiger charge is -2.31. The molecule has 0 spiro atoms. The number of nitrogens with one attached hydrogen (secondary N) is 1. The van der Waals surface area contributed by atoms with Crippen LogP contribution < -0.4 is 11.1 Å². The SMILES string of the molecule is NC1CCCCC1Nc1cc(Br)ccc1C(F)(F)F. The van der Waals surface area contributed by atoms with Crippen LogP contribution in [0.4, 0.5) is 18.9 Å². The third-order valence-electron chi connectivity index (χ3n) is 3.45. The van der Waals surface area contributed by atoms with Gasteiger partial charge in [-0.3, -0.25) is 0 Å². The van der Waals surface area contributed by atoms with Gasteiger partial charge in [0.15, 0.2) is 0 Å². The van der Waals surface area contributed by atoms with Gasteiger partial charge in [-0.2, -0.15) is 13.2 Å². The molecule has 1 fully saturated rings. The van der Waals surface area contributed by atoms with Crippen LogP contribution in [-0.4, -0.2) is 12.1 Å². The fraction of sp³-hybridized carbons (Fsp3) is 0.538. The van der Waals surface area contributed by atoms with Crippen LogP contribution in [0.5, 0.6) is 0 Å². The molecule has 0 amide bonds. The number of anilines is 1. The molecule has 2 rings (SSSR count). The molecular weight excluding hydrogens is 321 g/mol. The Morgan fingerprint density at radius 2 is 1.89 bits per heavy atom. The maximum absolute atomic E-state index is 12.9. The first-order chi connectivity index (χ1) is 8.88. The van der Waals surface area contributed by atoms with E-state index in [0.717, 1.165) is 31.7 Å². The molecule has 1 aliphatic carbocycles. The van der Waals surface area contributed by atoms with Crippen molar-refractivity contribution in [3.05, 3.63) is 28.2 Å². The van der Waals surface area contributed by atoms with Gasteiger partial charge < -0.3 is 11.1 Å². The first kappa shape index (κ1) is 14.7. The fourth-order valence-corrected chi connectivity index (χ4v) is 2.78. The Balaban J connectivity index is 2.25. The van der Waals surface area contributed by atoms with Gasteiger partial charge in [0, 0.05) is 22.2 Å². The molecular formula is C13H16BrF3N2. The van der Waals surface area contributed by atoms with E-state index < -0.39 is 11.7 Å². The van der Waals surface area contributed by atoms with E-state index in [2.05, 4.69) is 21.2 Å². The molecule has 0 bridgehead atoms. The highest BCUT2D eigenvalue weighted by Gasteiger charge is 2.34. The molecule has 1 aromatic carbocycles. The Hall–Kier alpha value is -0.750. The van der Waals surface area contributed by atoms with Gasteiger partial charge in [-0.05, 0) is 31.0 Å². The van der Waals surface area contributed by atoms with Crippen LogP contribution in [0.3, 0.4) is 0 Å². The molecule has 1 aliphatic rings. The van der Waals surface area contributed by atoms with Gasteiger partial charge in [0.05, 0.1) is 5.56 Å². The van der Waals surface area contributed by atoms with E-state index in [9.17, 15) is 13.2 Å².